The summed E-state index contributed by atoms with van der Waals surface area (Å²) < 4.78 is 13.0. The van der Waals surface area contributed by atoms with Crippen LogP contribution in [0.2, 0.25) is 0 Å². The number of benzene rings is 1. The molecule has 30 heavy (non-hydrogen) atoms. The molecule has 2 heterocycles. The lowest BCUT2D eigenvalue weighted by Gasteiger charge is -2.41. The van der Waals surface area contributed by atoms with Crippen LogP contribution in [0.25, 0.3) is 0 Å². The number of aryl methyl sites for hydroxylation is 1. The normalized spacial score (nSPS) is 19.6. The van der Waals surface area contributed by atoms with Crippen LogP contribution in [0.5, 0.6) is 5.75 Å². The fourth-order valence-corrected chi connectivity index (χ4v) is 4.52. The zero-order valence-corrected chi connectivity index (χ0v) is 18.8. The summed E-state index contributed by atoms with van der Waals surface area (Å²) in [5.41, 5.74) is 3.03. The Morgan fingerprint density at radius 3 is 2.87 bits per heavy atom. The first-order valence-corrected chi connectivity index (χ1v) is 11.0. The number of aromatic nitrogens is 2. The molecule has 0 saturated carbocycles. The van der Waals surface area contributed by atoms with Crippen LogP contribution >= 0.6 is 0 Å². The van der Waals surface area contributed by atoms with Crippen molar-refractivity contribution in [2.24, 2.45) is 5.41 Å². The van der Waals surface area contributed by atoms with Crippen LogP contribution in [-0.2, 0) is 29.0 Å². The van der Waals surface area contributed by atoms with Gasteiger partial charge < -0.3 is 9.47 Å². The summed E-state index contributed by atoms with van der Waals surface area (Å²) in [6.07, 6.45) is 5.53. The summed E-state index contributed by atoms with van der Waals surface area (Å²) >= 11 is 0. The minimum absolute atomic E-state index is 0.0871. The maximum Gasteiger partial charge on any atom is 0.313 e. The van der Waals surface area contributed by atoms with Gasteiger partial charge in [0.1, 0.15) is 5.75 Å². The van der Waals surface area contributed by atoms with Crippen molar-refractivity contribution in [2.45, 2.75) is 59.5 Å². The summed E-state index contributed by atoms with van der Waals surface area (Å²) in [4.78, 5) is 15.5. The molecule has 0 N–H and O–H groups in total. The Hall–Kier alpha value is -2.34. The molecule has 6 nitrogen and oxygen atoms in total. The van der Waals surface area contributed by atoms with Gasteiger partial charge in [-0.3, -0.25) is 14.4 Å². The second-order valence-corrected chi connectivity index (χ2v) is 8.32. The Morgan fingerprint density at radius 2 is 2.13 bits per heavy atom. The van der Waals surface area contributed by atoms with E-state index < -0.39 is 5.41 Å². The van der Waals surface area contributed by atoms with Gasteiger partial charge in [0.15, 0.2) is 0 Å². The first-order valence-electron chi connectivity index (χ1n) is 11.0. The third kappa shape index (κ3) is 5.04. The lowest BCUT2D eigenvalue weighted by molar-refractivity contribution is -0.159. The zero-order chi connectivity index (χ0) is 21.6. The van der Waals surface area contributed by atoms with Gasteiger partial charge in [-0.2, -0.15) is 5.10 Å². The molecule has 1 aromatic carbocycles. The molecule has 0 amide bonds. The summed E-state index contributed by atoms with van der Waals surface area (Å²) in [6, 6.07) is 8.02. The number of esters is 1. The predicted molar refractivity (Wildman–Crippen MR) is 118 cm³/mol. The van der Waals surface area contributed by atoms with Crippen LogP contribution in [0.1, 0.15) is 49.9 Å². The van der Waals surface area contributed by atoms with E-state index in [1.165, 1.54) is 11.3 Å². The Labute approximate surface area is 180 Å². The Balaban J connectivity index is 1.81. The molecule has 1 saturated heterocycles. The molecular formula is C24H35N3O3. The average molecular weight is 414 g/mol. The number of ether oxygens (including phenoxy) is 2. The number of hydrogen-bond donors (Lipinski definition) is 0. The standard InChI is InChI=1S/C24H35N3O3/c1-5-12-27-19(3)21(16-25-27)17-26-13-8-11-24(18-26,23(28)30-6-2)15-20-9-7-10-22(14-20)29-4/h7,9-10,14,16H,5-6,8,11-13,15,17-18H2,1-4H3. The highest BCUT2D eigenvalue weighted by Crippen LogP contribution is 2.36. The number of carbonyl (C=O) groups excluding carboxylic acids is 1. The second kappa shape index (κ2) is 10.1. The number of nitrogens with zero attached hydrogens (tertiary/aromatic N) is 3. The topological polar surface area (TPSA) is 56.6 Å². The van der Waals surface area contributed by atoms with Gasteiger partial charge >= 0.3 is 5.97 Å². The Morgan fingerprint density at radius 1 is 1.30 bits per heavy atom. The van der Waals surface area contributed by atoms with Crippen molar-refractivity contribution in [2.75, 3.05) is 26.8 Å². The summed E-state index contributed by atoms with van der Waals surface area (Å²) in [6.45, 7) is 10.0. The third-order valence-corrected chi connectivity index (χ3v) is 6.08. The average Bonchev–Trinajstić information content (AvgIpc) is 3.08. The highest BCUT2D eigenvalue weighted by molar-refractivity contribution is 5.78. The minimum atomic E-state index is -0.534. The monoisotopic (exact) mass is 413 g/mol. The van der Waals surface area contributed by atoms with Gasteiger partial charge in [0, 0.05) is 30.9 Å². The Kier molecular flexibility index (Phi) is 7.53. The molecule has 1 aliphatic rings. The SMILES string of the molecule is CCCn1ncc(CN2CCCC(Cc3cccc(OC)c3)(C(=O)OCC)C2)c1C. The van der Waals surface area contributed by atoms with E-state index in [9.17, 15) is 4.79 Å². The number of rotatable bonds is 9. The summed E-state index contributed by atoms with van der Waals surface area (Å²) in [7, 11) is 1.67. The maximum atomic E-state index is 13.1. The van der Waals surface area contributed by atoms with Crippen molar-refractivity contribution >= 4 is 5.97 Å². The van der Waals surface area contributed by atoms with Crippen molar-refractivity contribution in [1.82, 2.24) is 14.7 Å². The van der Waals surface area contributed by atoms with E-state index in [4.69, 9.17) is 9.47 Å². The minimum Gasteiger partial charge on any atom is -0.497 e. The van der Waals surface area contributed by atoms with Crippen LogP contribution in [0.15, 0.2) is 30.5 Å². The highest BCUT2D eigenvalue weighted by Gasteiger charge is 2.43. The van der Waals surface area contributed by atoms with Gasteiger partial charge in [-0.1, -0.05) is 19.1 Å². The zero-order valence-electron chi connectivity index (χ0n) is 18.8. The largest absolute Gasteiger partial charge is 0.497 e. The first kappa shape index (κ1) is 22.3. The van der Waals surface area contributed by atoms with E-state index in [0.717, 1.165) is 50.2 Å². The molecule has 0 radical (unpaired) electrons. The number of methoxy groups -OCH3 is 1. The third-order valence-electron chi connectivity index (χ3n) is 6.08. The number of carbonyl (C=O) groups is 1. The van der Waals surface area contributed by atoms with Crippen LogP contribution in [-0.4, -0.2) is 47.5 Å². The van der Waals surface area contributed by atoms with Crippen LogP contribution in [0, 0.1) is 12.3 Å². The molecule has 6 heteroatoms. The summed E-state index contributed by atoms with van der Waals surface area (Å²) in [5, 5.41) is 4.54. The van der Waals surface area contributed by atoms with Crippen LogP contribution in [0.3, 0.4) is 0 Å². The molecule has 3 rings (SSSR count). The second-order valence-electron chi connectivity index (χ2n) is 8.32. The van der Waals surface area contributed by atoms with Gasteiger partial charge in [-0.25, -0.2) is 0 Å². The van der Waals surface area contributed by atoms with Crippen LogP contribution < -0.4 is 4.74 Å². The Bertz CT molecular complexity index is 848. The van der Waals surface area contributed by atoms with E-state index in [0.29, 0.717) is 19.6 Å². The smallest absolute Gasteiger partial charge is 0.313 e. The quantitative estimate of drug-likeness (QED) is 0.582. The lowest BCUT2D eigenvalue weighted by Crippen LogP contribution is -2.49. The molecule has 2 aromatic rings. The van der Waals surface area contributed by atoms with Gasteiger partial charge in [0.25, 0.3) is 0 Å². The molecule has 1 aliphatic heterocycles. The molecule has 1 fully saturated rings. The van der Waals surface area contributed by atoms with Gasteiger partial charge in [0.2, 0.25) is 0 Å². The van der Waals surface area contributed by atoms with Crippen molar-refractivity contribution in [3.05, 3.63) is 47.3 Å². The lowest BCUT2D eigenvalue weighted by atomic mass is 9.75. The number of piperidine rings is 1. The molecule has 1 aromatic heterocycles. The fraction of sp³-hybridized carbons (Fsp3) is 0.583. The predicted octanol–water partition coefficient (Wildman–Crippen LogP) is 4.00. The first-order chi connectivity index (χ1) is 14.5. The molecule has 0 spiro atoms. The summed E-state index contributed by atoms with van der Waals surface area (Å²) in [5.74, 6) is 0.731. The van der Waals surface area contributed by atoms with E-state index in [1.54, 1.807) is 7.11 Å². The molecule has 0 bridgehead atoms. The van der Waals surface area contributed by atoms with E-state index >= 15 is 0 Å². The molecule has 164 valence electrons. The fourth-order valence-electron chi connectivity index (χ4n) is 4.52. The van der Waals surface area contributed by atoms with Gasteiger partial charge in [-0.15, -0.1) is 0 Å². The van der Waals surface area contributed by atoms with Gasteiger partial charge in [-0.05, 0) is 63.8 Å². The van der Waals surface area contributed by atoms with E-state index in [2.05, 4.69) is 34.6 Å². The number of likely N-dealkylation sites (tertiary alicyclic amines) is 1. The molecule has 1 unspecified atom stereocenters. The van der Waals surface area contributed by atoms with Crippen molar-refractivity contribution < 1.29 is 14.3 Å². The van der Waals surface area contributed by atoms with E-state index in [-0.39, 0.29) is 5.97 Å². The molecular weight excluding hydrogens is 378 g/mol. The number of hydrogen-bond acceptors (Lipinski definition) is 5. The van der Waals surface area contributed by atoms with Crippen molar-refractivity contribution in [3.8, 4) is 5.75 Å². The van der Waals surface area contributed by atoms with Crippen LogP contribution in [0.4, 0.5) is 0 Å². The van der Waals surface area contributed by atoms with Gasteiger partial charge in [0.05, 0.1) is 25.3 Å². The highest BCUT2D eigenvalue weighted by atomic mass is 16.5. The maximum absolute atomic E-state index is 13.1. The van der Waals surface area contributed by atoms with E-state index in [1.807, 2.05) is 31.3 Å². The van der Waals surface area contributed by atoms with Crippen molar-refractivity contribution in [3.63, 3.8) is 0 Å². The molecule has 1 atom stereocenters. The molecule has 0 aliphatic carbocycles. The van der Waals surface area contributed by atoms with Crippen molar-refractivity contribution in [1.29, 1.82) is 0 Å².